The number of rotatable bonds is 6. The smallest absolute Gasteiger partial charge is 0.273 e. The van der Waals surface area contributed by atoms with Gasteiger partial charge in [0.25, 0.3) is 11.8 Å². The highest BCUT2D eigenvalue weighted by molar-refractivity contribution is 7.14. The quantitative estimate of drug-likeness (QED) is 0.878. The number of amides is 2. The number of nitrogens with one attached hydrogen (secondary N) is 1. The fourth-order valence-electron chi connectivity index (χ4n) is 1.76. The topological polar surface area (TPSA) is 71.5 Å². The number of aromatic nitrogens is 1. The van der Waals surface area contributed by atoms with Crippen LogP contribution in [0.3, 0.4) is 0 Å². The number of methoxy groups -OCH3 is 1. The zero-order valence-electron chi connectivity index (χ0n) is 12.7. The minimum Gasteiger partial charge on any atom is -0.383 e. The number of nitrogens with zero attached hydrogens (tertiary/aromatic N) is 2. The second-order valence-corrected chi connectivity index (χ2v) is 5.55. The van der Waals surface area contributed by atoms with Crippen molar-refractivity contribution in [1.82, 2.24) is 9.88 Å². The number of halogens is 1. The Morgan fingerprint density at radius 1 is 1.39 bits per heavy atom. The van der Waals surface area contributed by atoms with Crippen molar-refractivity contribution in [3.63, 3.8) is 0 Å². The molecule has 2 aromatic rings. The summed E-state index contributed by atoms with van der Waals surface area (Å²) in [5, 5.41) is 4.27. The van der Waals surface area contributed by atoms with Crippen LogP contribution >= 0.6 is 11.3 Å². The van der Waals surface area contributed by atoms with Gasteiger partial charge in [-0.3, -0.25) is 14.9 Å². The van der Waals surface area contributed by atoms with Crippen molar-refractivity contribution >= 4 is 28.3 Å². The Morgan fingerprint density at radius 2 is 2.13 bits per heavy atom. The third-order valence-electron chi connectivity index (χ3n) is 3.04. The molecular formula is C15H16FN3O3S. The van der Waals surface area contributed by atoms with Crippen molar-refractivity contribution in [2.24, 2.45) is 0 Å². The zero-order chi connectivity index (χ0) is 16.8. The summed E-state index contributed by atoms with van der Waals surface area (Å²) < 4.78 is 18.5. The highest BCUT2D eigenvalue weighted by Crippen LogP contribution is 2.18. The van der Waals surface area contributed by atoms with Crippen molar-refractivity contribution < 1.29 is 18.7 Å². The van der Waals surface area contributed by atoms with Crippen LogP contribution in [-0.2, 0) is 4.74 Å². The molecule has 1 N–H and O–H groups in total. The van der Waals surface area contributed by atoms with Gasteiger partial charge in [-0.1, -0.05) is 12.1 Å². The van der Waals surface area contributed by atoms with E-state index in [2.05, 4.69) is 10.3 Å². The molecule has 0 saturated heterocycles. The Morgan fingerprint density at radius 3 is 2.83 bits per heavy atom. The molecule has 1 aromatic heterocycles. The Labute approximate surface area is 136 Å². The van der Waals surface area contributed by atoms with Crippen LogP contribution in [0.4, 0.5) is 9.52 Å². The fraction of sp³-hybridized carbons (Fsp3) is 0.267. The first-order valence-electron chi connectivity index (χ1n) is 6.78. The number of thiazole rings is 1. The van der Waals surface area contributed by atoms with Gasteiger partial charge in [0.2, 0.25) is 0 Å². The predicted octanol–water partition coefficient (Wildman–Crippen LogP) is 2.25. The number of carbonyl (C=O) groups is 2. The van der Waals surface area contributed by atoms with E-state index in [0.29, 0.717) is 13.2 Å². The molecule has 0 aliphatic carbocycles. The van der Waals surface area contributed by atoms with Gasteiger partial charge in [-0.05, 0) is 12.1 Å². The Kier molecular flexibility index (Phi) is 5.78. The van der Waals surface area contributed by atoms with E-state index in [1.165, 1.54) is 23.1 Å². The van der Waals surface area contributed by atoms with Crippen LogP contribution in [0.15, 0.2) is 29.6 Å². The first-order chi connectivity index (χ1) is 11.0. The maximum atomic E-state index is 13.5. The summed E-state index contributed by atoms with van der Waals surface area (Å²) in [7, 11) is 3.19. The van der Waals surface area contributed by atoms with Gasteiger partial charge in [-0.15, -0.1) is 11.3 Å². The van der Waals surface area contributed by atoms with Crippen LogP contribution in [0, 0.1) is 5.82 Å². The number of carbonyl (C=O) groups excluding carboxylic acids is 2. The summed E-state index contributed by atoms with van der Waals surface area (Å²) in [6, 6.07) is 5.65. The third-order valence-corrected chi connectivity index (χ3v) is 3.80. The van der Waals surface area contributed by atoms with E-state index in [9.17, 15) is 14.0 Å². The fourth-order valence-corrected chi connectivity index (χ4v) is 2.44. The summed E-state index contributed by atoms with van der Waals surface area (Å²) in [6.45, 7) is 0.854. The van der Waals surface area contributed by atoms with Crippen molar-refractivity contribution in [3.8, 4) is 0 Å². The molecule has 0 unspecified atom stereocenters. The number of anilines is 1. The molecule has 122 valence electrons. The molecule has 2 rings (SSSR count). The molecule has 1 aromatic carbocycles. The van der Waals surface area contributed by atoms with Crippen LogP contribution in [0.25, 0.3) is 0 Å². The Bertz CT molecular complexity index is 705. The third kappa shape index (κ3) is 4.33. The maximum Gasteiger partial charge on any atom is 0.273 e. The monoisotopic (exact) mass is 337 g/mol. The number of hydrogen-bond donors (Lipinski definition) is 1. The SMILES string of the molecule is COCCN(C)C(=O)c1csc(NC(=O)c2ccccc2F)n1. The summed E-state index contributed by atoms with van der Waals surface area (Å²) in [5.41, 5.74) is 0.144. The van der Waals surface area contributed by atoms with Crippen molar-refractivity contribution in [2.45, 2.75) is 0 Å². The highest BCUT2D eigenvalue weighted by atomic mass is 32.1. The second kappa shape index (κ2) is 7.80. The van der Waals surface area contributed by atoms with Crippen LogP contribution in [0.2, 0.25) is 0 Å². The Hall–Kier alpha value is -2.32. The number of ether oxygens (including phenoxy) is 1. The van der Waals surface area contributed by atoms with E-state index in [-0.39, 0.29) is 22.3 Å². The van der Waals surface area contributed by atoms with Gasteiger partial charge >= 0.3 is 0 Å². The maximum absolute atomic E-state index is 13.5. The molecule has 0 spiro atoms. The van der Waals surface area contributed by atoms with Crippen molar-refractivity contribution in [1.29, 1.82) is 0 Å². The average Bonchev–Trinajstić information content (AvgIpc) is 3.00. The molecule has 0 radical (unpaired) electrons. The van der Waals surface area contributed by atoms with Gasteiger partial charge in [0.15, 0.2) is 5.13 Å². The molecule has 0 saturated carbocycles. The molecule has 1 heterocycles. The summed E-state index contributed by atoms with van der Waals surface area (Å²) in [6.07, 6.45) is 0. The number of hydrogen-bond acceptors (Lipinski definition) is 5. The van der Waals surface area contributed by atoms with Gasteiger partial charge in [0, 0.05) is 26.1 Å². The lowest BCUT2D eigenvalue weighted by Gasteiger charge is -2.14. The van der Waals surface area contributed by atoms with Crippen molar-refractivity contribution in [3.05, 3.63) is 46.7 Å². The predicted molar refractivity (Wildman–Crippen MR) is 85.3 cm³/mol. The molecule has 0 aliphatic rings. The minimum absolute atomic E-state index is 0.0761. The molecule has 2 amide bonds. The summed E-state index contributed by atoms with van der Waals surface area (Å²) >= 11 is 1.10. The lowest BCUT2D eigenvalue weighted by molar-refractivity contribution is 0.0739. The van der Waals surface area contributed by atoms with E-state index in [0.717, 1.165) is 11.3 Å². The normalized spacial score (nSPS) is 10.4. The van der Waals surface area contributed by atoms with Crippen LogP contribution in [0.1, 0.15) is 20.8 Å². The number of likely N-dealkylation sites (N-methyl/N-ethyl adjacent to an activating group) is 1. The minimum atomic E-state index is -0.614. The molecular weight excluding hydrogens is 321 g/mol. The van der Waals surface area contributed by atoms with Gasteiger partial charge in [0.05, 0.1) is 12.2 Å². The Balaban J connectivity index is 2.03. The zero-order valence-corrected chi connectivity index (χ0v) is 13.5. The lowest BCUT2D eigenvalue weighted by Crippen LogP contribution is -2.30. The largest absolute Gasteiger partial charge is 0.383 e. The van der Waals surface area contributed by atoms with Gasteiger partial charge in [0.1, 0.15) is 11.5 Å². The molecule has 0 fully saturated rings. The molecule has 0 atom stereocenters. The first kappa shape index (κ1) is 17.0. The number of benzene rings is 1. The van der Waals surface area contributed by atoms with Crippen molar-refractivity contribution in [2.75, 3.05) is 32.6 Å². The van der Waals surface area contributed by atoms with E-state index >= 15 is 0 Å². The molecule has 23 heavy (non-hydrogen) atoms. The van der Waals surface area contributed by atoms with Crippen LogP contribution in [0.5, 0.6) is 0 Å². The standard InChI is InChI=1S/C15H16FN3O3S/c1-19(7-8-22-2)14(21)12-9-23-15(17-12)18-13(20)10-5-3-4-6-11(10)16/h3-6,9H,7-8H2,1-2H3,(H,17,18,20). The van der Waals surface area contributed by atoms with E-state index in [1.807, 2.05) is 0 Å². The molecule has 6 nitrogen and oxygen atoms in total. The lowest BCUT2D eigenvalue weighted by atomic mass is 10.2. The van der Waals surface area contributed by atoms with E-state index < -0.39 is 11.7 Å². The first-order valence-corrected chi connectivity index (χ1v) is 7.66. The highest BCUT2D eigenvalue weighted by Gasteiger charge is 2.17. The van der Waals surface area contributed by atoms with Gasteiger partial charge in [-0.25, -0.2) is 9.37 Å². The summed E-state index contributed by atoms with van der Waals surface area (Å²) in [4.78, 5) is 29.6. The molecule has 8 heteroatoms. The van der Waals surface area contributed by atoms with Crippen LogP contribution in [-0.4, -0.2) is 49.0 Å². The molecule has 0 bridgehead atoms. The summed E-state index contributed by atoms with van der Waals surface area (Å²) in [5.74, 6) is -1.49. The average molecular weight is 337 g/mol. The van der Waals surface area contributed by atoms with Gasteiger partial charge < -0.3 is 9.64 Å². The van der Waals surface area contributed by atoms with E-state index in [1.54, 1.807) is 25.6 Å². The molecule has 0 aliphatic heterocycles. The second-order valence-electron chi connectivity index (χ2n) is 4.69. The van der Waals surface area contributed by atoms with Crippen LogP contribution < -0.4 is 5.32 Å². The van der Waals surface area contributed by atoms with Gasteiger partial charge in [-0.2, -0.15) is 0 Å². The van der Waals surface area contributed by atoms with E-state index in [4.69, 9.17) is 4.74 Å².